The van der Waals surface area contributed by atoms with Crippen LogP contribution in [0, 0.1) is 0 Å². The Morgan fingerprint density at radius 1 is 1.00 bits per heavy atom. The highest BCUT2D eigenvalue weighted by molar-refractivity contribution is 5.94. The smallest absolute Gasteiger partial charge is 0.254 e. The summed E-state index contributed by atoms with van der Waals surface area (Å²) < 4.78 is 5.29. The van der Waals surface area contributed by atoms with Crippen molar-refractivity contribution in [3.05, 3.63) is 71.3 Å². The Balaban J connectivity index is 1.52. The Morgan fingerprint density at radius 3 is 2.32 bits per heavy atom. The number of hydrogen-bond acceptors (Lipinski definition) is 4. The molecule has 1 fully saturated rings. The molecule has 1 atom stereocenters. The molecule has 0 radical (unpaired) electrons. The minimum absolute atomic E-state index is 0.0284. The number of carbonyl (C=O) groups excluding carboxylic acids is 2. The lowest BCUT2D eigenvalue weighted by Crippen LogP contribution is -2.41. The first kappa shape index (κ1) is 20.0. The van der Waals surface area contributed by atoms with Gasteiger partial charge in [0.25, 0.3) is 5.91 Å². The summed E-state index contributed by atoms with van der Waals surface area (Å²) in [5.41, 5.74) is 8.40. The van der Waals surface area contributed by atoms with E-state index in [-0.39, 0.29) is 11.8 Å². The summed E-state index contributed by atoms with van der Waals surface area (Å²) in [5.74, 6) is -0.323. The van der Waals surface area contributed by atoms with Gasteiger partial charge in [0.15, 0.2) is 0 Å². The second-order valence-corrected chi connectivity index (χ2v) is 6.96. The number of ether oxygens (including phenoxy) is 1. The molecule has 2 aromatic carbocycles. The van der Waals surface area contributed by atoms with Crippen LogP contribution < -0.4 is 11.1 Å². The van der Waals surface area contributed by atoms with E-state index in [0.29, 0.717) is 44.8 Å². The summed E-state index contributed by atoms with van der Waals surface area (Å²) in [7, 11) is 0. The number of nitrogens with two attached hydrogens (primary N) is 1. The van der Waals surface area contributed by atoms with Gasteiger partial charge >= 0.3 is 0 Å². The van der Waals surface area contributed by atoms with E-state index in [1.54, 1.807) is 0 Å². The molecule has 3 rings (SSSR count). The summed E-state index contributed by atoms with van der Waals surface area (Å²) in [6.45, 7) is 2.96. The largest absolute Gasteiger partial charge is 0.378 e. The molecule has 0 aliphatic carbocycles. The highest BCUT2D eigenvalue weighted by Gasteiger charge is 2.18. The quantitative estimate of drug-likeness (QED) is 0.729. The number of nitrogens with zero attached hydrogens (tertiary/aromatic N) is 1. The standard InChI is InChI=1S/C22H27N3O3/c23-21(26)20(11-8-17-4-2-1-3-5-17)24-16-18-6-9-19(10-7-18)22(27)25-12-14-28-15-13-25/h1-7,9-10,20,24H,8,11-16H2,(H2,23,26). The molecular weight excluding hydrogens is 354 g/mol. The van der Waals surface area contributed by atoms with E-state index in [1.165, 1.54) is 5.56 Å². The first-order chi connectivity index (χ1) is 13.6. The number of morpholine rings is 1. The first-order valence-electron chi connectivity index (χ1n) is 9.66. The van der Waals surface area contributed by atoms with E-state index >= 15 is 0 Å². The molecule has 0 spiro atoms. The lowest BCUT2D eigenvalue weighted by atomic mass is 10.0. The zero-order valence-electron chi connectivity index (χ0n) is 16.0. The topological polar surface area (TPSA) is 84.7 Å². The van der Waals surface area contributed by atoms with E-state index in [4.69, 9.17) is 10.5 Å². The van der Waals surface area contributed by atoms with Crippen LogP contribution in [0.3, 0.4) is 0 Å². The van der Waals surface area contributed by atoms with Crippen molar-refractivity contribution in [2.45, 2.75) is 25.4 Å². The second-order valence-electron chi connectivity index (χ2n) is 6.96. The third-order valence-electron chi connectivity index (χ3n) is 4.96. The summed E-state index contributed by atoms with van der Waals surface area (Å²) in [4.78, 5) is 26.0. The Morgan fingerprint density at radius 2 is 1.68 bits per heavy atom. The Kier molecular flexibility index (Phi) is 7.17. The number of hydrogen-bond donors (Lipinski definition) is 2. The van der Waals surface area contributed by atoms with Crippen molar-refractivity contribution < 1.29 is 14.3 Å². The predicted molar refractivity (Wildman–Crippen MR) is 108 cm³/mol. The SMILES string of the molecule is NC(=O)C(CCc1ccccc1)NCc1ccc(C(=O)N2CCOCC2)cc1. The van der Waals surface area contributed by atoms with Crippen LogP contribution in [0.25, 0.3) is 0 Å². The molecule has 148 valence electrons. The normalized spacial score (nSPS) is 15.2. The van der Waals surface area contributed by atoms with Gasteiger partial charge in [-0.05, 0) is 36.1 Å². The Hall–Kier alpha value is -2.70. The van der Waals surface area contributed by atoms with Crippen LogP contribution in [0.2, 0.25) is 0 Å². The number of amides is 2. The molecule has 3 N–H and O–H groups in total. The summed E-state index contributed by atoms with van der Waals surface area (Å²) in [6.07, 6.45) is 1.43. The maximum atomic E-state index is 12.5. The third kappa shape index (κ3) is 5.65. The van der Waals surface area contributed by atoms with Crippen LogP contribution in [-0.2, 0) is 22.5 Å². The van der Waals surface area contributed by atoms with Crippen LogP contribution in [-0.4, -0.2) is 49.1 Å². The van der Waals surface area contributed by atoms with Gasteiger partial charge in [0, 0.05) is 25.2 Å². The van der Waals surface area contributed by atoms with Gasteiger partial charge in [-0.3, -0.25) is 9.59 Å². The molecule has 2 aromatic rings. The van der Waals surface area contributed by atoms with Crippen LogP contribution >= 0.6 is 0 Å². The van der Waals surface area contributed by atoms with E-state index < -0.39 is 6.04 Å². The van der Waals surface area contributed by atoms with E-state index in [1.807, 2.05) is 59.5 Å². The highest BCUT2D eigenvalue weighted by Crippen LogP contribution is 2.11. The molecule has 6 heteroatoms. The van der Waals surface area contributed by atoms with Gasteiger partial charge in [0.1, 0.15) is 0 Å². The van der Waals surface area contributed by atoms with E-state index in [9.17, 15) is 9.59 Å². The number of primary amides is 1. The molecule has 2 amide bonds. The van der Waals surface area contributed by atoms with Gasteiger partial charge < -0.3 is 20.7 Å². The number of nitrogens with one attached hydrogen (secondary N) is 1. The van der Waals surface area contributed by atoms with Crippen molar-refractivity contribution in [2.75, 3.05) is 26.3 Å². The third-order valence-corrected chi connectivity index (χ3v) is 4.96. The summed E-state index contributed by atoms with van der Waals surface area (Å²) >= 11 is 0. The van der Waals surface area contributed by atoms with Crippen molar-refractivity contribution in [1.82, 2.24) is 10.2 Å². The van der Waals surface area contributed by atoms with Crippen LogP contribution in [0.1, 0.15) is 27.9 Å². The lowest BCUT2D eigenvalue weighted by Gasteiger charge is -2.26. The van der Waals surface area contributed by atoms with Crippen LogP contribution in [0.15, 0.2) is 54.6 Å². The zero-order chi connectivity index (χ0) is 19.8. The Labute approximate surface area is 165 Å². The van der Waals surface area contributed by atoms with Gasteiger partial charge in [0.2, 0.25) is 5.91 Å². The first-order valence-corrected chi connectivity index (χ1v) is 9.66. The van der Waals surface area contributed by atoms with Crippen LogP contribution in [0.4, 0.5) is 0 Å². The predicted octanol–water partition coefficient (Wildman–Crippen LogP) is 1.74. The van der Waals surface area contributed by atoms with E-state index in [2.05, 4.69) is 5.32 Å². The van der Waals surface area contributed by atoms with Gasteiger partial charge in [-0.25, -0.2) is 0 Å². The molecule has 1 aliphatic rings. The fourth-order valence-corrected chi connectivity index (χ4v) is 3.26. The minimum Gasteiger partial charge on any atom is -0.378 e. The summed E-state index contributed by atoms with van der Waals surface area (Å²) in [5, 5.41) is 3.23. The fraction of sp³-hybridized carbons (Fsp3) is 0.364. The number of aryl methyl sites for hydroxylation is 1. The fourth-order valence-electron chi connectivity index (χ4n) is 3.26. The molecule has 0 aromatic heterocycles. The molecule has 6 nitrogen and oxygen atoms in total. The summed E-state index contributed by atoms with van der Waals surface area (Å²) in [6, 6.07) is 17.1. The van der Waals surface area contributed by atoms with Crippen LogP contribution in [0.5, 0.6) is 0 Å². The average molecular weight is 381 g/mol. The maximum Gasteiger partial charge on any atom is 0.254 e. The molecule has 28 heavy (non-hydrogen) atoms. The molecule has 1 heterocycles. The van der Waals surface area contributed by atoms with Crippen molar-refractivity contribution in [3.8, 4) is 0 Å². The monoisotopic (exact) mass is 381 g/mol. The van der Waals surface area contributed by atoms with Crippen molar-refractivity contribution in [3.63, 3.8) is 0 Å². The lowest BCUT2D eigenvalue weighted by molar-refractivity contribution is -0.120. The van der Waals surface area contributed by atoms with Gasteiger partial charge in [0.05, 0.1) is 19.3 Å². The molecule has 0 saturated carbocycles. The van der Waals surface area contributed by atoms with Gasteiger partial charge in [-0.2, -0.15) is 0 Å². The molecule has 1 unspecified atom stereocenters. The van der Waals surface area contributed by atoms with E-state index in [0.717, 1.165) is 12.0 Å². The van der Waals surface area contributed by atoms with Crippen molar-refractivity contribution in [1.29, 1.82) is 0 Å². The molecular formula is C22H27N3O3. The van der Waals surface area contributed by atoms with Gasteiger partial charge in [-0.1, -0.05) is 42.5 Å². The number of carbonyl (C=O) groups is 2. The van der Waals surface area contributed by atoms with Crippen molar-refractivity contribution >= 4 is 11.8 Å². The molecule has 1 saturated heterocycles. The second kappa shape index (κ2) is 10.0. The van der Waals surface area contributed by atoms with Gasteiger partial charge in [-0.15, -0.1) is 0 Å². The highest BCUT2D eigenvalue weighted by atomic mass is 16.5. The number of rotatable bonds is 8. The maximum absolute atomic E-state index is 12.5. The number of benzene rings is 2. The minimum atomic E-state index is -0.394. The average Bonchev–Trinajstić information content (AvgIpc) is 2.75. The Bertz CT molecular complexity index is 771. The molecule has 0 bridgehead atoms. The molecule has 1 aliphatic heterocycles. The van der Waals surface area contributed by atoms with Crippen molar-refractivity contribution in [2.24, 2.45) is 5.73 Å². The zero-order valence-corrected chi connectivity index (χ0v) is 16.0.